The van der Waals surface area contributed by atoms with Gasteiger partial charge < -0.3 is 10.1 Å². The van der Waals surface area contributed by atoms with Crippen LogP contribution in [-0.4, -0.2) is 42.7 Å². The lowest BCUT2D eigenvalue weighted by molar-refractivity contribution is 0.0951. The van der Waals surface area contributed by atoms with Crippen LogP contribution >= 0.6 is 11.6 Å². The molecule has 0 radical (unpaired) electrons. The minimum atomic E-state index is -4.08. The van der Waals surface area contributed by atoms with E-state index in [1.54, 1.807) is 24.3 Å². The zero-order chi connectivity index (χ0) is 25.1. The van der Waals surface area contributed by atoms with E-state index in [0.29, 0.717) is 33.9 Å². The van der Waals surface area contributed by atoms with E-state index >= 15 is 0 Å². The van der Waals surface area contributed by atoms with Gasteiger partial charge in [0.05, 0.1) is 22.5 Å². The zero-order valence-electron chi connectivity index (χ0n) is 18.4. The van der Waals surface area contributed by atoms with E-state index in [4.69, 9.17) is 21.5 Å². The van der Waals surface area contributed by atoms with Crippen LogP contribution in [0.5, 0.6) is 5.75 Å². The molecule has 8 nitrogen and oxygen atoms in total. The second-order valence-electron chi connectivity index (χ2n) is 7.52. The molecule has 0 aromatic heterocycles. The first kappa shape index (κ1) is 25.7. The van der Waals surface area contributed by atoms with E-state index in [1.165, 1.54) is 43.5 Å². The smallest absolute Gasteiger partial charge is 0.255 e. The van der Waals surface area contributed by atoms with Crippen molar-refractivity contribution in [3.8, 4) is 16.9 Å². The van der Waals surface area contributed by atoms with Crippen molar-refractivity contribution >= 4 is 37.4 Å². The predicted molar refractivity (Wildman–Crippen MR) is 130 cm³/mol. The molecule has 0 fully saturated rings. The first-order valence-corrected chi connectivity index (χ1v) is 13.8. The minimum Gasteiger partial charge on any atom is -0.496 e. The summed E-state index contributed by atoms with van der Waals surface area (Å²) in [5, 5.41) is 8.59. The first-order valence-electron chi connectivity index (χ1n) is 9.98. The average molecular weight is 523 g/mol. The number of rotatable bonds is 8. The van der Waals surface area contributed by atoms with Gasteiger partial charge in [-0.05, 0) is 53.9 Å². The predicted octanol–water partition coefficient (Wildman–Crippen LogP) is 3.04. The molecule has 0 heterocycles. The molecule has 3 aromatic rings. The van der Waals surface area contributed by atoms with Crippen molar-refractivity contribution < 1.29 is 26.4 Å². The molecule has 1 amide bonds. The van der Waals surface area contributed by atoms with Crippen molar-refractivity contribution in [2.24, 2.45) is 5.14 Å². The van der Waals surface area contributed by atoms with Crippen LogP contribution in [0.3, 0.4) is 0 Å². The van der Waals surface area contributed by atoms with E-state index in [-0.39, 0.29) is 27.8 Å². The number of nitrogens with one attached hydrogen (secondary N) is 1. The van der Waals surface area contributed by atoms with Gasteiger partial charge in [0.1, 0.15) is 5.75 Å². The average Bonchev–Trinajstić information content (AvgIpc) is 2.78. The van der Waals surface area contributed by atoms with Gasteiger partial charge in [-0.15, -0.1) is 0 Å². The molecule has 0 bridgehead atoms. The summed E-state index contributed by atoms with van der Waals surface area (Å²) in [5.41, 5.74) is 1.77. The highest BCUT2D eigenvalue weighted by Crippen LogP contribution is 2.29. The second kappa shape index (κ2) is 10.1. The van der Waals surface area contributed by atoms with Crippen molar-refractivity contribution in [3.63, 3.8) is 0 Å². The standard InChI is InChI=1S/C23H23ClN2O6S2/c1-32-21-10-6-17(24)14-20(21)23(27)26-12-11-15-3-9-19(22(13-15)34(25,30)31)16-4-7-18(8-5-16)33(2,28)29/h3-10,13-14H,11-12H2,1-2H3,(H,26,27)(H2,25,30,31). The molecule has 0 saturated heterocycles. The van der Waals surface area contributed by atoms with Crippen molar-refractivity contribution in [2.75, 3.05) is 19.9 Å². The van der Waals surface area contributed by atoms with Crippen molar-refractivity contribution in [3.05, 3.63) is 76.8 Å². The lowest BCUT2D eigenvalue weighted by atomic mass is 10.0. The molecule has 0 spiro atoms. The number of ether oxygens (including phenoxy) is 1. The molecular formula is C23H23ClN2O6S2. The molecular weight excluding hydrogens is 500 g/mol. The molecule has 11 heteroatoms. The maximum Gasteiger partial charge on any atom is 0.255 e. The summed E-state index contributed by atoms with van der Waals surface area (Å²) >= 11 is 5.97. The lowest BCUT2D eigenvalue weighted by Gasteiger charge is -2.12. The molecule has 0 aliphatic carbocycles. The summed E-state index contributed by atoms with van der Waals surface area (Å²) in [4.78, 5) is 12.5. The number of sulfonamides is 1. The first-order chi connectivity index (χ1) is 15.9. The third-order valence-electron chi connectivity index (χ3n) is 5.05. The number of methoxy groups -OCH3 is 1. The van der Waals surface area contributed by atoms with Gasteiger partial charge in [0.2, 0.25) is 10.0 Å². The van der Waals surface area contributed by atoms with Gasteiger partial charge in [0, 0.05) is 23.4 Å². The molecule has 0 aliphatic rings. The summed E-state index contributed by atoms with van der Waals surface area (Å²) in [5.74, 6) is -0.00161. The molecule has 0 aliphatic heterocycles. The third kappa shape index (κ3) is 6.15. The monoisotopic (exact) mass is 522 g/mol. The van der Waals surface area contributed by atoms with Crippen LogP contribution in [0, 0.1) is 0 Å². The maximum absolute atomic E-state index is 12.5. The molecule has 0 atom stereocenters. The minimum absolute atomic E-state index is 0.0973. The Morgan fingerprint density at radius 2 is 1.68 bits per heavy atom. The van der Waals surface area contributed by atoms with Crippen molar-refractivity contribution in [2.45, 2.75) is 16.2 Å². The molecule has 180 valence electrons. The molecule has 0 saturated carbocycles. The van der Waals surface area contributed by atoms with Crippen LogP contribution in [0.15, 0.2) is 70.5 Å². The number of hydrogen-bond donors (Lipinski definition) is 2. The van der Waals surface area contributed by atoms with Crippen LogP contribution in [0.4, 0.5) is 0 Å². The number of primary sulfonamides is 1. The van der Waals surface area contributed by atoms with Gasteiger partial charge in [-0.3, -0.25) is 4.79 Å². The van der Waals surface area contributed by atoms with E-state index < -0.39 is 19.9 Å². The van der Waals surface area contributed by atoms with E-state index in [2.05, 4.69) is 5.32 Å². The Hall–Kier alpha value is -2.92. The van der Waals surface area contributed by atoms with Gasteiger partial charge in [-0.1, -0.05) is 35.9 Å². The van der Waals surface area contributed by atoms with Crippen molar-refractivity contribution in [1.29, 1.82) is 0 Å². The van der Waals surface area contributed by atoms with Gasteiger partial charge in [0.25, 0.3) is 5.91 Å². The fourth-order valence-electron chi connectivity index (χ4n) is 3.35. The fourth-order valence-corrected chi connectivity index (χ4v) is 4.96. The van der Waals surface area contributed by atoms with E-state index in [1.807, 2.05) is 0 Å². The number of carbonyl (C=O) groups is 1. The number of benzene rings is 3. The highest BCUT2D eigenvalue weighted by Gasteiger charge is 2.18. The summed E-state index contributed by atoms with van der Waals surface area (Å²) < 4.78 is 53.1. The highest BCUT2D eigenvalue weighted by molar-refractivity contribution is 7.90. The fraction of sp³-hybridized carbons (Fsp3) is 0.174. The summed E-state index contributed by atoms with van der Waals surface area (Å²) in [6.45, 7) is 0.223. The number of sulfone groups is 1. The molecule has 3 rings (SSSR count). The van der Waals surface area contributed by atoms with E-state index in [0.717, 1.165) is 6.26 Å². The largest absolute Gasteiger partial charge is 0.496 e. The SMILES string of the molecule is COc1ccc(Cl)cc1C(=O)NCCc1ccc(-c2ccc(S(C)(=O)=O)cc2)c(S(N)(=O)=O)c1. The van der Waals surface area contributed by atoms with Crippen molar-refractivity contribution in [1.82, 2.24) is 5.32 Å². The Morgan fingerprint density at radius 3 is 2.26 bits per heavy atom. The Bertz CT molecular complexity index is 1440. The topological polar surface area (TPSA) is 133 Å². The molecule has 34 heavy (non-hydrogen) atoms. The molecule has 3 aromatic carbocycles. The number of nitrogens with two attached hydrogens (primary N) is 1. The van der Waals surface area contributed by atoms with Gasteiger partial charge in [-0.2, -0.15) is 0 Å². The second-order valence-corrected chi connectivity index (χ2v) is 11.5. The maximum atomic E-state index is 12.5. The Morgan fingerprint density at radius 1 is 1.00 bits per heavy atom. The van der Waals surface area contributed by atoms with Crippen LogP contribution in [0.2, 0.25) is 5.02 Å². The van der Waals surface area contributed by atoms with Gasteiger partial charge >= 0.3 is 0 Å². The van der Waals surface area contributed by atoms with Gasteiger partial charge in [0.15, 0.2) is 9.84 Å². The van der Waals surface area contributed by atoms with E-state index in [9.17, 15) is 21.6 Å². The number of hydrogen-bond acceptors (Lipinski definition) is 6. The van der Waals surface area contributed by atoms with Crippen LogP contribution < -0.4 is 15.2 Å². The third-order valence-corrected chi connectivity index (χ3v) is 7.37. The number of halogens is 1. The lowest BCUT2D eigenvalue weighted by Crippen LogP contribution is -2.26. The normalized spacial score (nSPS) is 11.8. The zero-order valence-corrected chi connectivity index (χ0v) is 20.8. The van der Waals surface area contributed by atoms with Gasteiger partial charge in [-0.25, -0.2) is 22.0 Å². The van der Waals surface area contributed by atoms with Crippen LogP contribution in [0.1, 0.15) is 15.9 Å². The number of carbonyl (C=O) groups excluding carboxylic acids is 1. The molecule has 0 unspecified atom stereocenters. The van der Waals surface area contributed by atoms with Crippen LogP contribution in [0.25, 0.3) is 11.1 Å². The Labute approximate surface area is 203 Å². The van der Waals surface area contributed by atoms with Crippen LogP contribution in [-0.2, 0) is 26.3 Å². The summed E-state index contributed by atoms with van der Waals surface area (Å²) in [6, 6.07) is 15.3. The Balaban J connectivity index is 1.81. The highest BCUT2D eigenvalue weighted by atomic mass is 35.5. The quantitative estimate of drug-likeness (QED) is 0.467. The molecule has 3 N–H and O–H groups in total. The Kier molecular flexibility index (Phi) is 7.67. The number of amides is 1. The summed E-state index contributed by atoms with van der Waals surface area (Å²) in [7, 11) is -6.01. The summed E-state index contributed by atoms with van der Waals surface area (Å²) in [6.07, 6.45) is 1.43.